The first-order chi connectivity index (χ1) is 9.26. The quantitative estimate of drug-likeness (QED) is 0.807. The maximum Gasteiger partial charge on any atom is 0.129 e. The van der Waals surface area contributed by atoms with Gasteiger partial charge < -0.3 is 10.6 Å². The molecule has 2 aromatic rings. The fourth-order valence-corrected chi connectivity index (χ4v) is 2.31. The third-order valence-corrected chi connectivity index (χ3v) is 3.50. The minimum atomic E-state index is 0.554. The highest BCUT2D eigenvalue weighted by atomic mass is 15.2. The molecule has 2 N–H and O–H groups in total. The van der Waals surface area contributed by atoms with Crippen LogP contribution in [-0.4, -0.2) is 18.6 Å². The van der Waals surface area contributed by atoms with Crippen LogP contribution in [0.15, 0.2) is 30.3 Å². The fraction of sp³-hybridized carbons (Fsp3) is 0.438. The van der Waals surface area contributed by atoms with Crippen molar-refractivity contribution >= 4 is 16.7 Å². The number of anilines is 1. The summed E-state index contributed by atoms with van der Waals surface area (Å²) in [5.41, 5.74) is 8.06. The molecule has 2 rings (SSSR count). The first-order valence-corrected chi connectivity index (χ1v) is 7.06. The molecule has 1 heterocycles. The van der Waals surface area contributed by atoms with Gasteiger partial charge in [-0.15, -0.1) is 0 Å². The molecule has 102 valence electrons. The van der Waals surface area contributed by atoms with E-state index in [0.717, 1.165) is 23.3 Å². The molecule has 0 saturated carbocycles. The summed E-state index contributed by atoms with van der Waals surface area (Å²) in [5, 5.41) is 1.16. The standard InChI is InChI=1S/C16H23N3/c1-3-4-7-10-19(2)16-11-13(12-17)14-8-5-6-9-15(14)18-16/h5-6,8-9,11H,3-4,7,10,12,17H2,1-2H3. The zero-order valence-electron chi connectivity index (χ0n) is 11.9. The van der Waals surface area contributed by atoms with Crippen molar-refractivity contribution in [3.63, 3.8) is 0 Å². The highest BCUT2D eigenvalue weighted by Crippen LogP contribution is 2.22. The molecule has 3 nitrogen and oxygen atoms in total. The van der Waals surface area contributed by atoms with Crippen molar-refractivity contribution in [2.75, 3.05) is 18.5 Å². The molecule has 0 aliphatic rings. The minimum Gasteiger partial charge on any atom is -0.360 e. The van der Waals surface area contributed by atoms with Gasteiger partial charge in [0.2, 0.25) is 0 Å². The predicted molar refractivity (Wildman–Crippen MR) is 82.4 cm³/mol. The summed E-state index contributed by atoms with van der Waals surface area (Å²) in [6.07, 6.45) is 3.72. The maximum atomic E-state index is 5.86. The number of unbranched alkanes of at least 4 members (excludes halogenated alkanes) is 2. The van der Waals surface area contributed by atoms with Gasteiger partial charge in [-0.1, -0.05) is 38.0 Å². The van der Waals surface area contributed by atoms with Gasteiger partial charge in [-0.25, -0.2) is 4.98 Å². The zero-order chi connectivity index (χ0) is 13.7. The number of hydrogen-bond donors (Lipinski definition) is 1. The molecule has 0 spiro atoms. The average Bonchev–Trinajstić information content (AvgIpc) is 2.46. The highest BCUT2D eigenvalue weighted by Gasteiger charge is 2.07. The lowest BCUT2D eigenvalue weighted by atomic mass is 10.1. The number of benzene rings is 1. The molecule has 0 aliphatic carbocycles. The highest BCUT2D eigenvalue weighted by molar-refractivity contribution is 5.84. The summed E-state index contributed by atoms with van der Waals surface area (Å²) in [7, 11) is 2.10. The number of fused-ring (bicyclic) bond motifs is 1. The molecule has 3 heteroatoms. The van der Waals surface area contributed by atoms with E-state index in [1.54, 1.807) is 0 Å². The second-order valence-electron chi connectivity index (χ2n) is 4.99. The third-order valence-electron chi connectivity index (χ3n) is 3.50. The lowest BCUT2D eigenvalue weighted by molar-refractivity contribution is 0.701. The number of aromatic nitrogens is 1. The van der Waals surface area contributed by atoms with Crippen LogP contribution in [0.5, 0.6) is 0 Å². The number of nitrogens with two attached hydrogens (primary N) is 1. The molecule has 0 aliphatic heterocycles. The first-order valence-electron chi connectivity index (χ1n) is 7.06. The lowest BCUT2D eigenvalue weighted by Gasteiger charge is -2.19. The molecular formula is C16H23N3. The van der Waals surface area contributed by atoms with Crippen molar-refractivity contribution in [1.29, 1.82) is 0 Å². The van der Waals surface area contributed by atoms with Crippen LogP contribution in [0.4, 0.5) is 5.82 Å². The van der Waals surface area contributed by atoms with Crippen molar-refractivity contribution in [2.45, 2.75) is 32.7 Å². The minimum absolute atomic E-state index is 0.554. The van der Waals surface area contributed by atoms with Crippen molar-refractivity contribution in [3.8, 4) is 0 Å². The Morgan fingerprint density at radius 3 is 2.74 bits per heavy atom. The molecule has 0 amide bonds. The number of pyridine rings is 1. The Hall–Kier alpha value is -1.61. The summed E-state index contributed by atoms with van der Waals surface area (Å²) in [5.74, 6) is 1.02. The van der Waals surface area contributed by atoms with Crippen LogP contribution in [-0.2, 0) is 6.54 Å². The molecule has 1 aromatic heterocycles. The Kier molecular flexibility index (Phi) is 4.74. The van der Waals surface area contributed by atoms with Crippen LogP contribution >= 0.6 is 0 Å². The van der Waals surface area contributed by atoms with Crippen LogP contribution in [0.3, 0.4) is 0 Å². The SMILES string of the molecule is CCCCCN(C)c1cc(CN)c2ccccc2n1. The Morgan fingerprint density at radius 1 is 1.21 bits per heavy atom. The summed E-state index contributed by atoms with van der Waals surface area (Å²) in [4.78, 5) is 6.96. The van der Waals surface area contributed by atoms with Crippen LogP contribution in [0, 0.1) is 0 Å². The summed E-state index contributed by atoms with van der Waals surface area (Å²) < 4.78 is 0. The van der Waals surface area contributed by atoms with E-state index in [-0.39, 0.29) is 0 Å². The molecule has 0 saturated heterocycles. The van der Waals surface area contributed by atoms with E-state index in [0.29, 0.717) is 6.54 Å². The molecule has 1 aromatic carbocycles. The number of para-hydroxylation sites is 1. The molecule has 0 radical (unpaired) electrons. The topological polar surface area (TPSA) is 42.1 Å². The van der Waals surface area contributed by atoms with Crippen LogP contribution in [0.25, 0.3) is 10.9 Å². The van der Waals surface area contributed by atoms with E-state index in [9.17, 15) is 0 Å². The molecule has 0 unspecified atom stereocenters. The number of hydrogen-bond acceptors (Lipinski definition) is 3. The average molecular weight is 257 g/mol. The molecule has 0 atom stereocenters. The van der Waals surface area contributed by atoms with Gasteiger partial charge in [-0.3, -0.25) is 0 Å². The number of rotatable bonds is 6. The normalized spacial score (nSPS) is 10.9. The molecular weight excluding hydrogens is 234 g/mol. The van der Waals surface area contributed by atoms with E-state index < -0.39 is 0 Å². The van der Waals surface area contributed by atoms with E-state index in [1.807, 2.05) is 12.1 Å². The predicted octanol–water partition coefficient (Wildman–Crippen LogP) is 3.32. The fourth-order valence-electron chi connectivity index (χ4n) is 2.31. The van der Waals surface area contributed by atoms with Gasteiger partial charge in [0.1, 0.15) is 5.82 Å². The van der Waals surface area contributed by atoms with Gasteiger partial charge >= 0.3 is 0 Å². The van der Waals surface area contributed by atoms with E-state index in [2.05, 4.69) is 37.1 Å². The van der Waals surface area contributed by atoms with E-state index in [4.69, 9.17) is 10.7 Å². The van der Waals surface area contributed by atoms with E-state index in [1.165, 1.54) is 24.8 Å². The van der Waals surface area contributed by atoms with Gasteiger partial charge in [-0.2, -0.15) is 0 Å². The van der Waals surface area contributed by atoms with Crippen molar-refractivity contribution < 1.29 is 0 Å². The Bertz CT molecular complexity index is 537. The van der Waals surface area contributed by atoms with Gasteiger partial charge in [0, 0.05) is 25.5 Å². The maximum absolute atomic E-state index is 5.86. The summed E-state index contributed by atoms with van der Waals surface area (Å²) in [6.45, 7) is 3.82. The van der Waals surface area contributed by atoms with Gasteiger partial charge in [-0.05, 0) is 24.1 Å². The Morgan fingerprint density at radius 2 is 2.00 bits per heavy atom. The summed E-state index contributed by atoms with van der Waals surface area (Å²) in [6, 6.07) is 10.3. The molecule has 0 bridgehead atoms. The Labute approximate surface area is 115 Å². The second kappa shape index (κ2) is 6.53. The third kappa shape index (κ3) is 3.24. The van der Waals surface area contributed by atoms with Crippen molar-refractivity contribution in [3.05, 3.63) is 35.9 Å². The van der Waals surface area contributed by atoms with Crippen LogP contribution < -0.4 is 10.6 Å². The number of nitrogens with zero attached hydrogens (tertiary/aromatic N) is 2. The summed E-state index contributed by atoms with van der Waals surface area (Å²) >= 11 is 0. The van der Waals surface area contributed by atoms with Gasteiger partial charge in [0.05, 0.1) is 5.52 Å². The lowest BCUT2D eigenvalue weighted by Crippen LogP contribution is -2.20. The van der Waals surface area contributed by atoms with Crippen LogP contribution in [0.1, 0.15) is 31.7 Å². The largest absolute Gasteiger partial charge is 0.360 e. The second-order valence-corrected chi connectivity index (χ2v) is 4.99. The molecule has 19 heavy (non-hydrogen) atoms. The monoisotopic (exact) mass is 257 g/mol. The molecule has 0 fully saturated rings. The van der Waals surface area contributed by atoms with Crippen molar-refractivity contribution in [2.24, 2.45) is 5.73 Å². The van der Waals surface area contributed by atoms with Gasteiger partial charge in [0.15, 0.2) is 0 Å². The first kappa shape index (κ1) is 13.8. The van der Waals surface area contributed by atoms with E-state index >= 15 is 0 Å². The Balaban J connectivity index is 2.28. The van der Waals surface area contributed by atoms with Crippen molar-refractivity contribution in [1.82, 2.24) is 4.98 Å². The van der Waals surface area contributed by atoms with Gasteiger partial charge in [0.25, 0.3) is 0 Å². The smallest absolute Gasteiger partial charge is 0.129 e. The van der Waals surface area contributed by atoms with Crippen LogP contribution in [0.2, 0.25) is 0 Å². The zero-order valence-corrected chi connectivity index (χ0v) is 11.9.